The molecule has 0 aliphatic rings. The van der Waals surface area contributed by atoms with Crippen molar-refractivity contribution in [2.45, 2.75) is 0 Å². The van der Waals surface area contributed by atoms with E-state index in [0.29, 0.717) is 0 Å². The van der Waals surface area contributed by atoms with E-state index in [4.69, 9.17) is 28.3 Å². The first-order chi connectivity index (χ1) is 5.54. The number of carboxylic acid groups (broad SMARTS) is 1. The summed E-state index contributed by atoms with van der Waals surface area (Å²) in [6.45, 7) is 0. The van der Waals surface area contributed by atoms with E-state index < -0.39 is 17.3 Å². The Bertz CT molecular complexity index is 341. The SMILES string of the molecule is O=C([O-])c1c(Cl)ccc(Cl)c1O.[Na+]. The van der Waals surface area contributed by atoms with Crippen LogP contribution in [0.1, 0.15) is 10.4 Å². The number of phenols is 1. The van der Waals surface area contributed by atoms with Crippen LogP contribution in [0.5, 0.6) is 5.75 Å². The van der Waals surface area contributed by atoms with Crippen LogP contribution < -0.4 is 34.7 Å². The molecule has 0 spiro atoms. The Kier molecular flexibility index (Phi) is 5.10. The normalized spacial score (nSPS) is 9.08. The molecule has 1 rings (SSSR count). The standard InChI is InChI=1S/C7H4Cl2O3.Na/c8-3-1-2-4(9)6(10)5(3)7(11)12;/h1-2,10H,(H,11,12);/q;+1/p-1. The van der Waals surface area contributed by atoms with Crippen molar-refractivity contribution in [3.05, 3.63) is 27.7 Å². The Morgan fingerprint density at radius 1 is 1.31 bits per heavy atom. The number of halogens is 2. The molecule has 0 saturated carbocycles. The average Bonchev–Trinajstić information content (AvgIpc) is 1.97. The van der Waals surface area contributed by atoms with Crippen molar-refractivity contribution < 1.29 is 44.6 Å². The second kappa shape index (κ2) is 5.08. The zero-order valence-electron chi connectivity index (χ0n) is 6.67. The van der Waals surface area contributed by atoms with Crippen LogP contribution in [0.3, 0.4) is 0 Å². The number of hydrogen-bond acceptors (Lipinski definition) is 3. The molecular formula is C7H3Cl2NaO3. The zero-order valence-corrected chi connectivity index (χ0v) is 10.2. The van der Waals surface area contributed by atoms with E-state index in [-0.39, 0.29) is 39.6 Å². The molecule has 1 aromatic carbocycles. The van der Waals surface area contributed by atoms with Crippen molar-refractivity contribution in [1.29, 1.82) is 0 Å². The summed E-state index contributed by atoms with van der Waals surface area (Å²) in [5, 5.41) is 19.3. The molecule has 0 amide bonds. The van der Waals surface area contributed by atoms with Gasteiger partial charge in [0.2, 0.25) is 0 Å². The van der Waals surface area contributed by atoms with E-state index in [9.17, 15) is 9.90 Å². The van der Waals surface area contributed by atoms with Gasteiger partial charge in [0.05, 0.1) is 21.6 Å². The van der Waals surface area contributed by atoms with Crippen LogP contribution in [0, 0.1) is 0 Å². The first-order valence-corrected chi connectivity index (χ1v) is 3.68. The first kappa shape index (κ1) is 13.1. The van der Waals surface area contributed by atoms with Gasteiger partial charge in [-0.25, -0.2) is 0 Å². The van der Waals surface area contributed by atoms with Crippen molar-refractivity contribution in [2.24, 2.45) is 0 Å². The van der Waals surface area contributed by atoms with E-state index in [1.54, 1.807) is 0 Å². The van der Waals surface area contributed by atoms with Gasteiger partial charge in [-0.1, -0.05) is 23.2 Å². The van der Waals surface area contributed by atoms with Crippen molar-refractivity contribution in [3.63, 3.8) is 0 Å². The average molecular weight is 229 g/mol. The molecule has 13 heavy (non-hydrogen) atoms. The monoisotopic (exact) mass is 228 g/mol. The number of benzene rings is 1. The first-order valence-electron chi connectivity index (χ1n) is 2.92. The third-order valence-electron chi connectivity index (χ3n) is 1.28. The van der Waals surface area contributed by atoms with Crippen LogP contribution in [0.2, 0.25) is 10.0 Å². The van der Waals surface area contributed by atoms with Crippen LogP contribution >= 0.6 is 23.2 Å². The number of carbonyl (C=O) groups is 1. The molecule has 0 radical (unpaired) electrons. The molecule has 6 heteroatoms. The Labute approximate surface area is 107 Å². The molecule has 1 aromatic rings. The topological polar surface area (TPSA) is 60.4 Å². The fraction of sp³-hybridized carbons (Fsp3) is 0. The van der Waals surface area contributed by atoms with Gasteiger partial charge in [0, 0.05) is 0 Å². The van der Waals surface area contributed by atoms with E-state index in [1.165, 1.54) is 12.1 Å². The maximum absolute atomic E-state index is 10.4. The van der Waals surface area contributed by atoms with Crippen LogP contribution in [0.25, 0.3) is 0 Å². The zero-order chi connectivity index (χ0) is 9.30. The predicted octanol–water partition coefficient (Wildman–Crippen LogP) is -1.93. The fourth-order valence-electron chi connectivity index (χ4n) is 0.735. The molecule has 0 atom stereocenters. The van der Waals surface area contributed by atoms with Gasteiger partial charge in [0.15, 0.2) is 0 Å². The molecular weight excluding hydrogens is 226 g/mol. The van der Waals surface area contributed by atoms with Crippen molar-refractivity contribution in [2.75, 3.05) is 0 Å². The Morgan fingerprint density at radius 3 is 2.15 bits per heavy atom. The molecule has 0 bridgehead atoms. The minimum Gasteiger partial charge on any atom is -0.545 e. The van der Waals surface area contributed by atoms with Crippen LogP contribution in [0.15, 0.2) is 12.1 Å². The summed E-state index contributed by atoms with van der Waals surface area (Å²) in [7, 11) is 0. The molecule has 0 aliphatic heterocycles. The van der Waals surface area contributed by atoms with E-state index >= 15 is 0 Å². The smallest absolute Gasteiger partial charge is 0.545 e. The van der Waals surface area contributed by atoms with Crippen molar-refractivity contribution >= 4 is 29.2 Å². The van der Waals surface area contributed by atoms with Crippen LogP contribution in [-0.2, 0) is 0 Å². The quantitative estimate of drug-likeness (QED) is 0.570. The largest absolute Gasteiger partial charge is 1.00 e. The predicted molar refractivity (Wildman–Crippen MR) is 42.5 cm³/mol. The third-order valence-corrected chi connectivity index (χ3v) is 1.90. The molecule has 0 aliphatic carbocycles. The third kappa shape index (κ3) is 2.76. The van der Waals surface area contributed by atoms with Crippen LogP contribution in [0.4, 0.5) is 0 Å². The molecule has 0 heterocycles. The van der Waals surface area contributed by atoms with Crippen molar-refractivity contribution in [3.8, 4) is 5.75 Å². The summed E-state index contributed by atoms with van der Waals surface area (Å²) >= 11 is 10.9. The summed E-state index contributed by atoms with van der Waals surface area (Å²) in [5.41, 5.74) is -0.482. The van der Waals surface area contributed by atoms with Gasteiger partial charge < -0.3 is 15.0 Å². The number of hydrogen-bond donors (Lipinski definition) is 1. The van der Waals surface area contributed by atoms with Gasteiger partial charge in [-0.3, -0.25) is 0 Å². The number of rotatable bonds is 1. The Balaban J connectivity index is 0.00000144. The van der Waals surface area contributed by atoms with Gasteiger partial charge >= 0.3 is 29.6 Å². The van der Waals surface area contributed by atoms with Crippen LogP contribution in [-0.4, -0.2) is 11.1 Å². The van der Waals surface area contributed by atoms with E-state index in [2.05, 4.69) is 0 Å². The van der Waals surface area contributed by atoms with Crippen molar-refractivity contribution in [1.82, 2.24) is 0 Å². The minimum absolute atomic E-state index is 0. The maximum Gasteiger partial charge on any atom is 1.00 e. The van der Waals surface area contributed by atoms with Gasteiger partial charge in [-0.05, 0) is 12.1 Å². The van der Waals surface area contributed by atoms with Gasteiger partial charge in [0.25, 0.3) is 0 Å². The van der Waals surface area contributed by atoms with E-state index in [0.717, 1.165) is 0 Å². The van der Waals surface area contributed by atoms with E-state index in [1.807, 2.05) is 0 Å². The molecule has 1 N–H and O–H groups in total. The summed E-state index contributed by atoms with van der Waals surface area (Å²) in [5.74, 6) is -2.12. The Hall–Kier alpha value is 0.0700. The van der Waals surface area contributed by atoms with Gasteiger partial charge in [0.1, 0.15) is 5.75 Å². The molecule has 64 valence electrons. The Morgan fingerprint density at radius 2 is 1.77 bits per heavy atom. The summed E-state index contributed by atoms with van der Waals surface area (Å²) in [6.07, 6.45) is 0. The molecule has 0 fully saturated rings. The number of carboxylic acids is 1. The van der Waals surface area contributed by atoms with Gasteiger partial charge in [-0.15, -0.1) is 0 Å². The van der Waals surface area contributed by atoms with Gasteiger partial charge in [-0.2, -0.15) is 0 Å². The summed E-state index contributed by atoms with van der Waals surface area (Å²) < 4.78 is 0. The number of carbonyl (C=O) groups excluding carboxylic acids is 1. The number of aromatic carboxylic acids is 1. The molecule has 0 aromatic heterocycles. The fourth-order valence-corrected chi connectivity index (χ4v) is 1.12. The molecule has 0 unspecified atom stereocenters. The molecule has 3 nitrogen and oxygen atoms in total. The number of aromatic hydroxyl groups is 1. The second-order valence-electron chi connectivity index (χ2n) is 2.04. The summed E-state index contributed by atoms with van der Waals surface area (Å²) in [4.78, 5) is 10.4. The summed E-state index contributed by atoms with van der Waals surface area (Å²) in [6, 6.07) is 2.57. The minimum atomic E-state index is -1.56. The second-order valence-corrected chi connectivity index (χ2v) is 2.85. The molecule has 0 saturated heterocycles. The maximum atomic E-state index is 10.4.